The van der Waals surface area contributed by atoms with Crippen molar-refractivity contribution < 1.29 is 9.21 Å². The summed E-state index contributed by atoms with van der Waals surface area (Å²) in [6, 6.07) is 7.39. The minimum Gasteiger partial charge on any atom is -0.414 e. The Morgan fingerprint density at radius 2 is 2.29 bits per heavy atom. The van der Waals surface area contributed by atoms with Crippen LogP contribution in [0.15, 0.2) is 40.5 Å². The van der Waals surface area contributed by atoms with Crippen molar-refractivity contribution in [3.05, 3.63) is 47.3 Å². The number of amides is 1. The smallest absolute Gasteiger partial charge is 0.277 e. The van der Waals surface area contributed by atoms with Crippen LogP contribution in [0.1, 0.15) is 17.9 Å². The number of aryl methyl sites for hydroxylation is 1. The van der Waals surface area contributed by atoms with Gasteiger partial charge in [0, 0.05) is 17.3 Å². The standard InChI is InChI=1S/C17H16ClN7O2S/c1-12-7-13(3-4-14(12)18)25(6-2-5-19)16(26)9-28-17-23-22-15(27-17)8-24-11-20-10-21-24/h3-4,7,10-11H,2,6,8-9H2,1H3. The summed E-state index contributed by atoms with van der Waals surface area (Å²) >= 11 is 7.21. The van der Waals surface area contributed by atoms with Crippen molar-refractivity contribution >= 4 is 35.0 Å². The third kappa shape index (κ3) is 5.09. The van der Waals surface area contributed by atoms with E-state index in [9.17, 15) is 4.79 Å². The summed E-state index contributed by atoms with van der Waals surface area (Å²) in [5.41, 5.74) is 1.55. The molecular weight excluding hydrogens is 402 g/mol. The zero-order valence-electron chi connectivity index (χ0n) is 14.9. The van der Waals surface area contributed by atoms with Crippen molar-refractivity contribution in [2.75, 3.05) is 17.2 Å². The van der Waals surface area contributed by atoms with Gasteiger partial charge < -0.3 is 9.32 Å². The average molecular weight is 418 g/mol. The van der Waals surface area contributed by atoms with Crippen LogP contribution >= 0.6 is 23.4 Å². The normalized spacial score (nSPS) is 10.6. The van der Waals surface area contributed by atoms with Crippen LogP contribution in [0, 0.1) is 18.3 Å². The van der Waals surface area contributed by atoms with Crippen molar-refractivity contribution in [2.24, 2.45) is 0 Å². The van der Waals surface area contributed by atoms with Crippen LogP contribution in [-0.4, -0.2) is 43.2 Å². The maximum absolute atomic E-state index is 12.7. The predicted octanol–water partition coefficient (Wildman–Crippen LogP) is 2.71. The monoisotopic (exact) mass is 417 g/mol. The van der Waals surface area contributed by atoms with Crippen molar-refractivity contribution in [3.8, 4) is 6.07 Å². The molecule has 0 saturated carbocycles. The minimum absolute atomic E-state index is 0.0953. The molecule has 9 nitrogen and oxygen atoms in total. The molecule has 144 valence electrons. The molecule has 0 saturated heterocycles. The second-order valence-electron chi connectivity index (χ2n) is 5.73. The Kier molecular flexibility index (Phi) is 6.62. The molecule has 0 unspecified atom stereocenters. The fraction of sp³-hybridized carbons (Fsp3) is 0.294. The molecule has 2 heterocycles. The summed E-state index contributed by atoms with van der Waals surface area (Å²) in [4.78, 5) is 18.1. The number of rotatable bonds is 8. The number of anilines is 1. The number of benzene rings is 1. The summed E-state index contributed by atoms with van der Waals surface area (Å²) in [6.07, 6.45) is 3.18. The first-order valence-corrected chi connectivity index (χ1v) is 9.64. The number of halogens is 1. The van der Waals surface area contributed by atoms with Crippen LogP contribution in [-0.2, 0) is 11.3 Å². The molecule has 0 atom stereocenters. The van der Waals surface area contributed by atoms with E-state index in [4.69, 9.17) is 21.3 Å². The third-order valence-corrected chi connectivity index (χ3v) is 4.96. The van der Waals surface area contributed by atoms with E-state index < -0.39 is 0 Å². The molecule has 3 rings (SSSR count). The van der Waals surface area contributed by atoms with Crippen LogP contribution in [0.2, 0.25) is 5.02 Å². The van der Waals surface area contributed by atoms with Crippen LogP contribution in [0.4, 0.5) is 5.69 Å². The number of thioether (sulfide) groups is 1. The van der Waals surface area contributed by atoms with E-state index in [1.807, 2.05) is 13.0 Å². The molecule has 0 fully saturated rings. The lowest BCUT2D eigenvalue weighted by Gasteiger charge is -2.22. The van der Waals surface area contributed by atoms with Gasteiger partial charge >= 0.3 is 0 Å². The van der Waals surface area contributed by atoms with Gasteiger partial charge in [0.15, 0.2) is 0 Å². The quantitative estimate of drug-likeness (QED) is 0.514. The van der Waals surface area contributed by atoms with E-state index in [2.05, 4.69) is 26.3 Å². The highest BCUT2D eigenvalue weighted by molar-refractivity contribution is 7.99. The van der Waals surface area contributed by atoms with Gasteiger partial charge in [-0.3, -0.25) is 4.79 Å². The average Bonchev–Trinajstić information content (AvgIpc) is 3.35. The zero-order valence-corrected chi connectivity index (χ0v) is 16.5. The van der Waals surface area contributed by atoms with Gasteiger partial charge in [-0.05, 0) is 30.7 Å². The van der Waals surface area contributed by atoms with Crippen molar-refractivity contribution in [1.29, 1.82) is 5.26 Å². The lowest BCUT2D eigenvalue weighted by atomic mass is 10.2. The molecule has 0 radical (unpaired) electrons. The summed E-state index contributed by atoms with van der Waals surface area (Å²) in [7, 11) is 0. The molecule has 28 heavy (non-hydrogen) atoms. The second-order valence-corrected chi connectivity index (χ2v) is 7.06. The topological polar surface area (TPSA) is 114 Å². The summed E-state index contributed by atoms with van der Waals surface area (Å²) < 4.78 is 7.08. The van der Waals surface area contributed by atoms with Gasteiger partial charge in [0.1, 0.15) is 19.2 Å². The molecular formula is C17H16ClN7O2S. The van der Waals surface area contributed by atoms with Gasteiger partial charge in [-0.25, -0.2) is 9.67 Å². The van der Waals surface area contributed by atoms with E-state index in [0.29, 0.717) is 29.7 Å². The number of nitriles is 1. The van der Waals surface area contributed by atoms with Crippen molar-refractivity contribution in [1.82, 2.24) is 25.0 Å². The number of carbonyl (C=O) groups excluding carboxylic acids is 1. The van der Waals surface area contributed by atoms with Gasteiger partial charge in [-0.1, -0.05) is 23.4 Å². The van der Waals surface area contributed by atoms with Gasteiger partial charge in [-0.2, -0.15) is 10.4 Å². The first-order chi connectivity index (χ1) is 13.6. The Bertz CT molecular complexity index is 984. The Labute approximate surface area is 170 Å². The molecule has 0 bridgehead atoms. The van der Waals surface area contributed by atoms with Gasteiger partial charge in [0.05, 0.1) is 18.2 Å². The van der Waals surface area contributed by atoms with E-state index in [1.54, 1.807) is 28.0 Å². The summed E-state index contributed by atoms with van der Waals surface area (Å²) in [6.45, 7) is 2.46. The van der Waals surface area contributed by atoms with Crippen LogP contribution < -0.4 is 4.90 Å². The number of hydrogen-bond donors (Lipinski definition) is 0. The summed E-state index contributed by atoms with van der Waals surface area (Å²) in [5, 5.41) is 21.6. The number of nitrogens with zero attached hydrogens (tertiary/aromatic N) is 7. The number of hydrogen-bond acceptors (Lipinski definition) is 8. The fourth-order valence-corrected chi connectivity index (χ4v) is 3.15. The predicted molar refractivity (Wildman–Crippen MR) is 103 cm³/mol. The fourth-order valence-electron chi connectivity index (χ4n) is 2.37. The molecule has 0 N–H and O–H groups in total. The molecule has 11 heteroatoms. The van der Waals surface area contributed by atoms with E-state index in [0.717, 1.165) is 17.3 Å². The van der Waals surface area contributed by atoms with Crippen molar-refractivity contribution in [2.45, 2.75) is 25.1 Å². The SMILES string of the molecule is Cc1cc(N(CCC#N)C(=O)CSc2nnc(Cn3cncn3)o2)ccc1Cl. The van der Waals surface area contributed by atoms with E-state index in [-0.39, 0.29) is 23.3 Å². The van der Waals surface area contributed by atoms with Gasteiger partial charge in [0.25, 0.3) is 5.22 Å². The van der Waals surface area contributed by atoms with E-state index in [1.165, 1.54) is 6.33 Å². The highest BCUT2D eigenvalue weighted by Gasteiger charge is 2.18. The highest BCUT2D eigenvalue weighted by Crippen LogP contribution is 2.24. The van der Waals surface area contributed by atoms with Crippen LogP contribution in [0.25, 0.3) is 0 Å². The largest absolute Gasteiger partial charge is 0.414 e. The molecule has 0 aliphatic heterocycles. The molecule has 0 aliphatic rings. The molecule has 0 spiro atoms. The maximum atomic E-state index is 12.7. The number of carbonyl (C=O) groups is 1. The molecule has 0 aliphatic carbocycles. The Morgan fingerprint density at radius 1 is 1.43 bits per heavy atom. The van der Waals surface area contributed by atoms with Gasteiger partial charge in [-0.15, -0.1) is 10.2 Å². The molecule has 1 amide bonds. The molecule has 2 aromatic heterocycles. The first kappa shape index (κ1) is 19.9. The maximum Gasteiger partial charge on any atom is 0.277 e. The number of aromatic nitrogens is 5. The Balaban J connectivity index is 1.64. The minimum atomic E-state index is -0.169. The van der Waals surface area contributed by atoms with Gasteiger partial charge in [0.2, 0.25) is 11.8 Å². The van der Waals surface area contributed by atoms with Crippen molar-refractivity contribution in [3.63, 3.8) is 0 Å². The zero-order chi connectivity index (χ0) is 19.9. The second kappa shape index (κ2) is 9.34. The molecule has 3 aromatic rings. The van der Waals surface area contributed by atoms with E-state index >= 15 is 0 Å². The third-order valence-electron chi connectivity index (χ3n) is 3.73. The van der Waals surface area contributed by atoms with Crippen LogP contribution in [0.3, 0.4) is 0 Å². The van der Waals surface area contributed by atoms with Crippen LogP contribution in [0.5, 0.6) is 0 Å². The summed E-state index contributed by atoms with van der Waals surface area (Å²) in [5.74, 6) is 0.297. The Hall–Kier alpha value is -2.90. The first-order valence-electron chi connectivity index (χ1n) is 8.28. The highest BCUT2D eigenvalue weighted by atomic mass is 35.5. The lowest BCUT2D eigenvalue weighted by molar-refractivity contribution is -0.116. The Morgan fingerprint density at radius 3 is 3.00 bits per heavy atom. The lowest BCUT2D eigenvalue weighted by Crippen LogP contribution is -2.33. The molecule has 1 aromatic carbocycles.